The van der Waals surface area contributed by atoms with E-state index in [0.717, 1.165) is 0 Å². The second-order valence-corrected chi connectivity index (χ2v) is 8.34. The van der Waals surface area contributed by atoms with Gasteiger partial charge in [0.05, 0.1) is 22.4 Å². The van der Waals surface area contributed by atoms with Crippen molar-refractivity contribution in [2.24, 2.45) is 0 Å². The van der Waals surface area contributed by atoms with Crippen LogP contribution in [0.15, 0.2) is 66.3 Å². The van der Waals surface area contributed by atoms with Crippen molar-refractivity contribution in [1.29, 1.82) is 0 Å². The minimum Gasteiger partial charge on any atom is -0.342 e. The molecule has 0 aliphatic rings. The number of thioether (sulfide) groups is 1. The molecule has 0 fully saturated rings. The highest BCUT2D eigenvalue weighted by Crippen LogP contribution is 2.24. The number of allylic oxidation sites excluding steroid dienone is 1. The zero-order valence-electron chi connectivity index (χ0n) is 18.7. The number of benzene rings is 2. The molecule has 0 saturated carbocycles. The minimum atomic E-state index is -0.513. The smallest absolute Gasteiger partial charge is 0.271 e. The molecule has 2 amide bonds. The molecule has 3 aromatic rings. The Morgan fingerprint density at radius 1 is 1.24 bits per heavy atom. The molecular formula is C23H24N6O4S. The van der Waals surface area contributed by atoms with Crippen molar-refractivity contribution in [2.75, 3.05) is 11.1 Å². The number of non-ortho nitro benzene ring substituents is 1. The van der Waals surface area contributed by atoms with Crippen molar-refractivity contribution in [1.82, 2.24) is 20.1 Å². The summed E-state index contributed by atoms with van der Waals surface area (Å²) in [6, 6.07) is 12.7. The first-order valence-corrected chi connectivity index (χ1v) is 11.4. The van der Waals surface area contributed by atoms with E-state index in [-0.39, 0.29) is 23.3 Å². The van der Waals surface area contributed by atoms with Gasteiger partial charge in [0.2, 0.25) is 5.91 Å². The molecule has 1 aromatic heterocycles. The van der Waals surface area contributed by atoms with Crippen LogP contribution in [0.2, 0.25) is 0 Å². The van der Waals surface area contributed by atoms with Gasteiger partial charge >= 0.3 is 0 Å². The van der Waals surface area contributed by atoms with Gasteiger partial charge in [-0.25, -0.2) is 0 Å². The Morgan fingerprint density at radius 3 is 2.65 bits per heavy atom. The summed E-state index contributed by atoms with van der Waals surface area (Å²) in [7, 11) is 0. The first-order chi connectivity index (χ1) is 16.3. The number of hydrogen-bond donors (Lipinski definition) is 2. The maximum absolute atomic E-state index is 12.5. The molecule has 10 nitrogen and oxygen atoms in total. The minimum absolute atomic E-state index is 0.0160. The van der Waals surface area contributed by atoms with Crippen LogP contribution >= 0.6 is 11.8 Å². The summed E-state index contributed by atoms with van der Waals surface area (Å²) in [6.07, 6.45) is 1.68. The topological polar surface area (TPSA) is 132 Å². The molecule has 1 atom stereocenters. The lowest BCUT2D eigenvalue weighted by atomic mass is 10.2. The average molecular weight is 481 g/mol. The number of aryl methyl sites for hydroxylation is 1. The highest BCUT2D eigenvalue weighted by atomic mass is 32.2. The standard InChI is InChI=1S/C23H24N6O4S/c1-4-12-28-21(16(3)24-22(31)17-8-6-5-7-9-17)26-27-23(28)34-14-20(30)25-19-13-18(29(32)33)11-10-15(19)2/h4-11,13,16H,1,12,14H2,2-3H3,(H,24,31)(H,25,30)/t16-/m0/s1. The lowest BCUT2D eigenvalue weighted by molar-refractivity contribution is -0.384. The maximum atomic E-state index is 12.5. The highest BCUT2D eigenvalue weighted by molar-refractivity contribution is 7.99. The number of carbonyl (C=O) groups is 2. The second-order valence-electron chi connectivity index (χ2n) is 7.39. The van der Waals surface area contributed by atoms with E-state index in [4.69, 9.17) is 0 Å². The van der Waals surface area contributed by atoms with Gasteiger partial charge in [-0.2, -0.15) is 0 Å². The number of nitro groups is 1. The number of carbonyl (C=O) groups excluding carboxylic acids is 2. The molecular weight excluding hydrogens is 456 g/mol. The van der Waals surface area contributed by atoms with E-state index in [2.05, 4.69) is 27.4 Å². The summed E-state index contributed by atoms with van der Waals surface area (Å²) in [5.41, 5.74) is 1.52. The molecule has 2 N–H and O–H groups in total. The van der Waals surface area contributed by atoms with E-state index in [1.54, 1.807) is 54.8 Å². The number of nitrogens with zero attached hydrogens (tertiary/aromatic N) is 4. The molecule has 2 aromatic carbocycles. The lowest BCUT2D eigenvalue weighted by Gasteiger charge is -2.15. The largest absolute Gasteiger partial charge is 0.342 e. The van der Waals surface area contributed by atoms with Gasteiger partial charge in [-0.1, -0.05) is 42.1 Å². The van der Waals surface area contributed by atoms with Crippen LogP contribution < -0.4 is 10.6 Å². The molecule has 1 heterocycles. The Morgan fingerprint density at radius 2 is 1.97 bits per heavy atom. The van der Waals surface area contributed by atoms with Crippen LogP contribution in [0.5, 0.6) is 0 Å². The third-order valence-corrected chi connectivity index (χ3v) is 5.83. The van der Waals surface area contributed by atoms with Crippen LogP contribution in [0.1, 0.15) is 34.7 Å². The predicted octanol–water partition coefficient (Wildman–Crippen LogP) is 3.90. The van der Waals surface area contributed by atoms with Crippen LogP contribution in [-0.4, -0.2) is 37.3 Å². The average Bonchev–Trinajstić information content (AvgIpc) is 3.22. The zero-order chi connectivity index (χ0) is 24.7. The number of anilines is 1. The molecule has 3 rings (SSSR count). The Labute approximate surface area is 200 Å². The fourth-order valence-corrected chi connectivity index (χ4v) is 3.89. The number of nitrogens with one attached hydrogen (secondary N) is 2. The van der Waals surface area contributed by atoms with Crippen LogP contribution in [0.3, 0.4) is 0 Å². The molecule has 0 saturated heterocycles. The summed E-state index contributed by atoms with van der Waals surface area (Å²) in [5, 5.41) is 25.5. The predicted molar refractivity (Wildman–Crippen MR) is 130 cm³/mol. The van der Waals surface area contributed by atoms with Crippen molar-refractivity contribution < 1.29 is 14.5 Å². The van der Waals surface area contributed by atoms with Gasteiger partial charge in [0.1, 0.15) is 0 Å². The number of amides is 2. The number of nitro benzene ring substituents is 1. The SMILES string of the molecule is C=CCn1c(SCC(=O)Nc2cc([N+](=O)[O-])ccc2C)nnc1[C@H](C)NC(=O)c1ccccc1. The van der Waals surface area contributed by atoms with Crippen LogP contribution in [0.25, 0.3) is 0 Å². The number of hydrogen-bond acceptors (Lipinski definition) is 7. The van der Waals surface area contributed by atoms with E-state index in [1.807, 2.05) is 6.07 Å². The van der Waals surface area contributed by atoms with Gasteiger partial charge in [-0.15, -0.1) is 16.8 Å². The van der Waals surface area contributed by atoms with Crippen molar-refractivity contribution in [2.45, 2.75) is 31.6 Å². The third kappa shape index (κ3) is 6.07. The summed E-state index contributed by atoms with van der Waals surface area (Å²) in [6.45, 7) is 7.71. The summed E-state index contributed by atoms with van der Waals surface area (Å²) >= 11 is 1.17. The Hall–Kier alpha value is -3.99. The number of aromatic nitrogens is 3. The summed E-state index contributed by atoms with van der Waals surface area (Å²) in [4.78, 5) is 35.5. The fourth-order valence-electron chi connectivity index (χ4n) is 3.14. The van der Waals surface area contributed by atoms with Crippen LogP contribution in [-0.2, 0) is 11.3 Å². The molecule has 34 heavy (non-hydrogen) atoms. The molecule has 0 bridgehead atoms. The first kappa shape index (κ1) is 24.6. The van der Waals surface area contributed by atoms with Crippen LogP contribution in [0, 0.1) is 17.0 Å². The lowest BCUT2D eigenvalue weighted by Crippen LogP contribution is -2.28. The summed E-state index contributed by atoms with van der Waals surface area (Å²) < 4.78 is 1.78. The monoisotopic (exact) mass is 480 g/mol. The third-order valence-electron chi connectivity index (χ3n) is 4.87. The zero-order valence-corrected chi connectivity index (χ0v) is 19.5. The van der Waals surface area contributed by atoms with Crippen molar-refractivity contribution in [3.05, 3.63) is 88.3 Å². The van der Waals surface area contributed by atoms with Gasteiger partial charge in [0, 0.05) is 24.2 Å². The van der Waals surface area contributed by atoms with E-state index < -0.39 is 11.0 Å². The molecule has 0 unspecified atom stereocenters. The van der Waals surface area contributed by atoms with E-state index in [0.29, 0.717) is 34.3 Å². The van der Waals surface area contributed by atoms with E-state index >= 15 is 0 Å². The number of rotatable bonds is 10. The Kier molecular flexibility index (Phi) is 8.14. The van der Waals surface area contributed by atoms with E-state index in [9.17, 15) is 19.7 Å². The van der Waals surface area contributed by atoms with E-state index in [1.165, 1.54) is 23.9 Å². The Bertz CT molecular complexity index is 1210. The van der Waals surface area contributed by atoms with Gasteiger partial charge in [-0.05, 0) is 31.5 Å². The molecule has 0 spiro atoms. The second kappa shape index (κ2) is 11.2. The van der Waals surface area contributed by atoms with Crippen molar-refractivity contribution >= 4 is 35.0 Å². The molecule has 11 heteroatoms. The van der Waals surface area contributed by atoms with Gasteiger partial charge in [-0.3, -0.25) is 19.7 Å². The van der Waals surface area contributed by atoms with Gasteiger partial charge in [0.15, 0.2) is 11.0 Å². The van der Waals surface area contributed by atoms with Gasteiger partial charge in [0.25, 0.3) is 11.6 Å². The van der Waals surface area contributed by atoms with Crippen molar-refractivity contribution in [3.63, 3.8) is 0 Å². The maximum Gasteiger partial charge on any atom is 0.271 e. The normalized spacial score (nSPS) is 11.5. The first-order valence-electron chi connectivity index (χ1n) is 10.4. The summed E-state index contributed by atoms with van der Waals surface area (Å²) in [5.74, 6) is -0.0279. The molecule has 0 aliphatic heterocycles. The Balaban J connectivity index is 1.68. The van der Waals surface area contributed by atoms with Gasteiger partial charge < -0.3 is 15.2 Å². The molecule has 0 aliphatic carbocycles. The molecule has 0 radical (unpaired) electrons. The van der Waals surface area contributed by atoms with Crippen LogP contribution in [0.4, 0.5) is 11.4 Å². The molecule has 176 valence electrons. The highest BCUT2D eigenvalue weighted by Gasteiger charge is 2.20. The fraction of sp³-hybridized carbons (Fsp3) is 0.217. The quantitative estimate of drug-likeness (QED) is 0.195. The van der Waals surface area contributed by atoms with Crippen molar-refractivity contribution in [3.8, 4) is 0 Å².